The van der Waals surface area contributed by atoms with Gasteiger partial charge in [-0.25, -0.2) is 4.99 Å². The quantitative estimate of drug-likeness (QED) is 0.189. The van der Waals surface area contributed by atoms with Crippen LogP contribution in [0.4, 0.5) is 11.4 Å². The molecular formula is C19H20BrN5O5. The van der Waals surface area contributed by atoms with Gasteiger partial charge in [-0.2, -0.15) is 0 Å². The van der Waals surface area contributed by atoms with Crippen molar-refractivity contribution in [3.8, 4) is 5.75 Å². The lowest BCUT2D eigenvalue weighted by atomic mass is 10.1. The number of anilines is 1. The predicted molar refractivity (Wildman–Crippen MR) is 115 cm³/mol. The molecule has 2 aromatic carbocycles. The molecule has 0 aromatic heterocycles. The van der Waals surface area contributed by atoms with E-state index in [4.69, 9.17) is 16.6 Å². The molecule has 0 heterocycles. The van der Waals surface area contributed by atoms with Crippen LogP contribution in [0.1, 0.15) is 22.3 Å². The number of aliphatic carboxylic acids is 1. The van der Waals surface area contributed by atoms with Crippen LogP contribution in [0, 0.1) is 0 Å². The van der Waals surface area contributed by atoms with E-state index in [1.165, 1.54) is 18.2 Å². The summed E-state index contributed by atoms with van der Waals surface area (Å²) in [4.78, 5) is 39.0. The molecule has 0 radical (unpaired) electrons. The van der Waals surface area contributed by atoms with Gasteiger partial charge < -0.3 is 32.3 Å². The largest absolute Gasteiger partial charge is 0.505 e. The summed E-state index contributed by atoms with van der Waals surface area (Å²) in [5.41, 5.74) is 11.7. The number of aryl methyl sites for hydroxylation is 1. The number of amides is 2. The minimum atomic E-state index is -1.01. The molecule has 11 heteroatoms. The highest BCUT2D eigenvalue weighted by molar-refractivity contribution is 9.10. The molecule has 30 heavy (non-hydrogen) atoms. The summed E-state index contributed by atoms with van der Waals surface area (Å²) in [6.45, 7) is -0.359. The van der Waals surface area contributed by atoms with Gasteiger partial charge >= 0.3 is 5.97 Å². The Balaban J connectivity index is 2.02. The summed E-state index contributed by atoms with van der Waals surface area (Å²) in [5.74, 6) is -2.49. The van der Waals surface area contributed by atoms with Crippen LogP contribution in [0.5, 0.6) is 5.75 Å². The number of phenols is 1. The number of halogens is 1. The van der Waals surface area contributed by atoms with Gasteiger partial charge in [-0.15, -0.1) is 0 Å². The summed E-state index contributed by atoms with van der Waals surface area (Å²) in [6.07, 6.45) is -0.0846. The van der Waals surface area contributed by atoms with Gasteiger partial charge in [0.1, 0.15) is 5.75 Å². The first kappa shape index (κ1) is 22.7. The molecule has 0 saturated carbocycles. The van der Waals surface area contributed by atoms with Crippen LogP contribution in [0.3, 0.4) is 0 Å². The van der Waals surface area contributed by atoms with E-state index in [0.717, 1.165) is 0 Å². The van der Waals surface area contributed by atoms with Gasteiger partial charge in [0, 0.05) is 16.5 Å². The lowest BCUT2D eigenvalue weighted by Gasteiger charge is -2.12. The van der Waals surface area contributed by atoms with Crippen molar-refractivity contribution < 1.29 is 24.6 Å². The first-order chi connectivity index (χ1) is 14.2. The highest BCUT2D eigenvalue weighted by Crippen LogP contribution is 2.32. The zero-order valence-corrected chi connectivity index (χ0v) is 17.3. The molecule has 0 spiro atoms. The van der Waals surface area contributed by atoms with E-state index in [1.807, 2.05) is 0 Å². The maximum Gasteiger partial charge on any atom is 0.303 e. The van der Waals surface area contributed by atoms with Crippen LogP contribution in [-0.4, -0.2) is 40.5 Å². The Morgan fingerprint density at radius 2 is 1.87 bits per heavy atom. The Bertz CT molecular complexity index is 1000. The number of carboxylic acid groups (broad SMARTS) is 1. The van der Waals surface area contributed by atoms with Gasteiger partial charge in [0.15, 0.2) is 5.96 Å². The number of nitrogens with two attached hydrogens (primary N) is 2. The van der Waals surface area contributed by atoms with E-state index >= 15 is 0 Å². The van der Waals surface area contributed by atoms with E-state index in [0.29, 0.717) is 15.7 Å². The fraction of sp³-hybridized carbons (Fsp3) is 0.158. The molecule has 2 rings (SSSR count). The van der Waals surface area contributed by atoms with Crippen molar-refractivity contribution in [3.63, 3.8) is 0 Å². The third-order valence-corrected chi connectivity index (χ3v) is 4.27. The smallest absolute Gasteiger partial charge is 0.303 e. The average Bonchev–Trinajstić information content (AvgIpc) is 2.67. The summed E-state index contributed by atoms with van der Waals surface area (Å²) < 4.78 is 0.552. The minimum absolute atomic E-state index is 0.0896. The number of carbonyl (C=O) groups is 3. The third kappa shape index (κ3) is 6.78. The topological polar surface area (TPSA) is 180 Å². The number of phenolic OH excluding ortho intramolecular Hbond substituents is 1. The van der Waals surface area contributed by atoms with Crippen LogP contribution >= 0.6 is 15.9 Å². The number of carboxylic acids is 1. The van der Waals surface area contributed by atoms with E-state index in [-0.39, 0.29) is 42.3 Å². The molecule has 2 amide bonds. The number of hydrogen-bond acceptors (Lipinski definition) is 5. The van der Waals surface area contributed by atoms with Crippen LogP contribution in [0.15, 0.2) is 45.9 Å². The molecule has 158 valence electrons. The Morgan fingerprint density at radius 1 is 1.13 bits per heavy atom. The summed E-state index contributed by atoms with van der Waals surface area (Å²) in [5, 5.41) is 24.0. The maximum absolute atomic E-state index is 12.2. The first-order valence-corrected chi connectivity index (χ1v) is 9.46. The number of benzene rings is 2. The molecule has 2 aromatic rings. The number of hydrogen-bond donors (Lipinski definition) is 6. The lowest BCUT2D eigenvalue weighted by molar-refractivity contribution is -0.137. The Hall–Kier alpha value is -3.60. The molecule has 0 aliphatic heterocycles. The number of rotatable bonds is 8. The Labute approximate surface area is 180 Å². The van der Waals surface area contributed by atoms with Crippen molar-refractivity contribution in [3.05, 3.63) is 52.0 Å². The first-order valence-electron chi connectivity index (χ1n) is 8.66. The van der Waals surface area contributed by atoms with Crippen LogP contribution in [0.25, 0.3) is 0 Å². The summed E-state index contributed by atoms with van der Waals surface area (Å²) in [7, 11) is 0. The second-order valence-electron chi connectivity index (χ2n) is 6.17. The van der Waals surface area contributed by atoms with Crippen molar-refractivity contribution in [1.29, 1.82) is 0 Å². The third-order valence-electron chi connectivity index (χ3n) is 3.81. The van der Waals surface area contributed by atoms with E-state index in [9.17, 15) is 19.5 Å². The number of nitrogens with zero attached hydrogens (tertiary/aromatic N) is 1. The van der Waals surface area contributed by atoms with E-state index in [2.05, 4.69) is 31.6 Å². The van der Waals surface area contributed by atoms with Gasteiger partial charge in [0.25, 0.3) is 5.91 Å². The molecule has 0 atom stereocenters. The van der Waals surface area contributed by atoms with Gasteiger partial charge in [-0.05, 0) is 42.3 Å². The second-order valence-corrected chi connectivity index (χ2v) is 7.09. The molecule has 0 aliphatic rings. The van der Waals surface area contributed by atoms with Gasteiger partial charge in [-0.1, -0.05) is 22.0 Å². The molecule has 0 bridgehead atoms. The molecule has 0 saturated heterocycles. The van der Waals surface area contributed by atoms with Crippen LogP contribution in [-0.2, 0) is 16.0 Å². The van der Waals surface area contributed by atoms with Crippen molar-refractivity contribution in [2.24, 2.45) is 16.5 Å². The number of nitrogens with one attached hydrogen (secondary N) is 2. The predicted octanol–water partition coefficient (Wildman–Crippen LogP) is 1.45. The normalized spacial score (nSPS) is 10.2. The van der Waals surface area contributed by atoms with Crippen LogP contribution < -0.4 is 22.1 Å². The highest BCUT2D eigenvalue weighted by atomic mass is 79.9. The van der Waals surface area contributed by atoms with Crippen molar-refractivity contribution in [2.45, 2.75) is 12.8 Å². The monoisotopic (exact) mass is 477 g/mol. The SMILES string of the molecule is NC(N)=Nc1cccc(C(=O)NCC(=O)Nc2cc(Br)cc(CCC(=O)O)c2O)c1. The van der Waals surface area contributed by atoms with Crippen molar-refractivity contribution in [1.82, 2.24) is 5.32 Å². The van der Waals surface area contributed by atoms with Gasteiger partial charge in [-0.3, -0.25) is 14.4 Å². The maximum atomic E-state index is 12.2. The number of aromatic hydroxyl groups is 1. The summed E-state index contributed by atoms with van der Waals surface area (Å²) in [6, 6.07) is 9.24. The highest BCUT2D eigenvalue weighted by Gasteiger charge is 2.14. The molecule has 10 nitrogen and oxygen atoms in total. The Kier molecular flexibility index (Phi) is 7.76. The number of carbonyl (C=O) groups excluding carboxylic acids is 2. The fourth-order valence-corrected chi connectivity index (χ4v) is 3.01. The average molecular weight is 478 g/mol. The zero-order chi connectivity index (χ0) is 22.3. The van der Waals surface area contributed by atoms with Crippen molar-refractivity contribution >= 4 is 51.0 Å². The molecular weight excluding hydrogens is 458 g/mol. The zero-order valence-electron chi connectivity index (χ0n) is 15.7. The van der Waals surface area contributed by atoms with Crippen LogP contribution in [0.2, 0.25) is 0 Å². The van der Waals surface area contributed by atoms with Gasteiger partial charge in [0.05, 0.1) is 17.9 Å². The molecule has 8 N–H and O–H groups in total. The number of guanidine groups is 1. The minimum Gasteiger partial charge on any atom is -0.505 e. The van der Waals surface area contributed by atoms with Gasteiger partial charge in [0.2, 0.25) is 5.91 Å². The fourth-order valence-electron chi connectivity index (χ4n) is 2.51. The molecule has 0 fully saturated rings. The molecule has 0 unspecified atom stereocenters. The number of aliphatic imine (C=N–C) groups is 1. The summed E-state index contributed by atoms with van der Waals surface area (Å²) >= 11 is 3.25. The van der Waals surface area contributed by atoms with Crippen molar-refractivity contribution in [2.75, 3.05) is 11.9 Å². The Morgan fingerprint density at radius 3 is 2.53 bits per heavy atom. The lowest BCUT2D eigenvalue weighted by Crippen LogP contribution is -2.32. The van der Waals surface area contributed by atoms with E-state index in [1.54, 1.807) is 18.2 Å². The second kappa shape index (κ2) is 10.3. The standard InChI is InChI=1S/C19H20BrN5O5/c20-12-6-10(4-5-16(27)28)17(29)14(8-12)25-15(26)9-23-18(30)11-2-1-3-13(7-11)24-19(21)22/h1-3,6-8,29H,4-5,9H2,(H,23,30)(H,25,26)(H,27,28)(H4,21,22,24). The van der Waals surface area contributed by atoms with E-state index < -0.39 is 17.8 Å². The molecule has 0 aliphatic carbocycles.